The van der Waals surface area contributed by atoms with Crippen molar-refractivity contribution in [3.8, 4) is 11.5 Å². The summed E-state index contributed by atoms with van der Waals surface area (Å²) in [7, 11) is 3.10. The number of rotatable bonds is 11. The summed E-state index contributed by atoms with van der Waals surface area (Å²) in [6, 6.07) is 21.0. The molecule has 11 heteroatoms. The molecule has 3 amide bonds. The molecule has 10 nitrogen and oxygen atoms in total. The Hall–Kier alpha value is -4.74. The second kappa shape index (κ2) is 13.9. The number of nitrogens with one attached hydrogen (secondary N) is 1. The van der Waals surface area contributed by atoms with E-state index in [1.807, 2.05) is 31.2 Å². The van der Waals surface area contributed by atoms with Crippen molar-refractivity contribution < 1.29 is 23.9 Å². The Morgan fingerprint density at radius 2 is 1.66 bits per heavy atom. The standard InChI is InChI=1S/C36H39N5O5S/c1-23(25-9-6-5-7-10-25)39-17-19-40(20-18-39)30-12-8-11-27-33(30)36(44)41(35(27)43)29(26-13-14-31(45-3)32(21-26)46-4)15-16-37-34(42)28-22-47-24(2)38-28/h5-14,21-23,29H,15-20H2,1-4H3,(H,37,42)/t23?,29-/m1/s1. The van der Waals surface area contributed by atoms with Crippen LogP contribution in [0.2, 0.25) is 0 Å². The van der Waals surface area contributed by atoms with Crippen LogP contribution in [0.4, 0.5) is 5.69 Å². The first kappa shape index (κ1) is 32.2. The Kier molecular flexibility index (Phi) is 9.55. The van der Waals surface area contributed by atoms with Gasteiger partial charge in [-0.1, -0.05) is 42.5 Å². The number of nitrogens with zero attached hydrogens (tertiary/aromatic N) is 4. The van der Waals surface area contributed by atoms with Crippen molar-refractivity contribution in [3.63, 3.8) is 0 Å². The highest BCUT2D eigenvalue weighted by Gasteiger charge is 2.43. The summed E-state index contributed by atoms with van der Waals surface area (Å²) in [5.74, 6) is 0.0154. The highest BCUT2D eigenvalue weighted by Crippen LogP contribution is 2.40. The van der Waals surface area contributed by atoms with E-state index in [-0.39, 0.29) is 30.3 Å². The predicted molar refractivity (Wildman–Crippen MR) is 182 cm³/mol. The molecular formula is C36H39N5O5S. The molecule has 6 rings (SSSR count). The number of thiazole rings is 1. The van der Waals surface area contributed by atoms with Crippen molar-refractivity contribution in [2.24, 2.45) is 0 Å². The number of amides is 3. The fourth-order valence-electron chi connectivity index (χ4n) is 6.51. The van der Waals surface area contributed by atoms with Gasteiger partial charge in [0.1, 0.15) is 5.69 Å². The minimum absolute atomic E-state index is 0.218. The average Bonchev–Trinajstić information content (AvgIpc) is 3.66. The number of aromatic nitrogens is 1. The van der Waals surface area contributed by atoms with Crippen molar-refractivity contribution in [2.75, 3.05) is 51.8 Å². The van der Waals surface area contributed by atoms with Gasteiger partial charge in [-0.2, -0.15) is 0 Å². The van der Waals surface area contributed by atoms with E-state index >= 15 is 0 Å². The molecule has 244 valence electrons. The molecule has 3 aromatic carbocycles. The monoisotopic (exact) mass is 653 g/mol. The second-order valence-electron chi connectivity index (χ2n) is 11.7. The molecule has 1 aromatic heterocycles. The number of hydrogen-bond donors (Lipinski definition) is 1. The lowest BCUT2D eigenvalue weighted by atomic mass is 10.0. The number of ether oxygens (including phenoxy) is 2. The first-order valence-electron chi connectivity index (χ1n) is 15.8. The van der Waals surface area contributed by atoms with Crippen LogP contribution in [0.5, 0.6) is 11.5 Å². The molecule has 2 aliphatic heterocycles. The van der Waals surface area contributed by atoms with Gasteiger partial charge in [-0.25, -0.2) is 4.98 Å². The smallest absolute Gasteiger partial charge is 0.270 e. The lowest BCUT2D eigenvalue weighted by Gasteiger charge is -2.39. The third-order valence-electron chi connectivity index (χ3n) is 9.07. The van der Waals surface area contributed by atoms with E-state index in [9.17, 15) is 14.4 Å². The fraction of sp³-hybridized carbons (Fsp3) is 0.333. The number of anilines is 1. The number of piperazine rings is 1. The summed E-state index contributed by atoms with van der Waals surface area (Å²) < 4.78 is 11.0. The van der Waals surface area contributed by atoms with Gasteiger partial charge in [0.2, 0.25) is 0 Å². The van der Waals surface area contributed by atoms with Gasteiger partial charge < -0.3 is 19.7 Å². The minimum atomic E-state index is -0.670. The number of aryl methyl sites for hydroxylation is 1. The molecule has 0 radical (unpaired) electrons. The van der Waals surface area contributed by atoms with Crippen LogP contribution in [-0.4, -0.2) is 79.4 Å². The van der Waals surface area contributed by atoms with E-state index in [0.717, 1.165) is 36.9 Å². The molecule has 1 unspecified atom stereocenters. The Morgan fingerprint density at radius 1 is 0.915 bits per heavy atom. The number of hydrogen-bond acceptors (Lipinski definition) is 9. The molecule has 3 heterocycles. The topological polar surface area (TPSA) is 104 Å². The maximum Gasteiger partial charge on any atom is 0.270 e. The largest absolute Gasteiger partial charge is 0.493 e. The Labute approximate surface area is 278 Å². The third-order valence-corrected chi connectivity index (χ3v) is 9.84. The van der Waals surface area contributed by atoms with Crippen LogP contribution >= 0.6 is 11.3 Å². The van der Waals surface area contributed by atoms with Crippen LogP contribution in [0.25, 0.3) is 0 Å². The Bertz CT molecular complexity index is 1770. The molecule has 1 fully saturated rings. The van der Waals surface area contributed by atoms with Crippen LogP contribution in [0.3, 0.4) is 0 Å². The number of fused-ring (bicyclic) bond motifs is 1. The van der Waals surface area contributed by atoms with Gasteiger partial charge in [0.25, 0.3) is 17.7 Å². The highest BCUT2D eigenvalue weighted by atomic mass is 32.1. The first-order valence-corrected chi connectivity index (χ1v) is 16.7. The van der Waals surface area contributed by atoms with Crippen LogP contribution in [0, 0.1) is 6.92 Å². The number of imide groups is 1. The number of carbonyl (C=O) groups is 3. The Morgan fingerprint density at radius 3 is 2.34 bits per heavy atom. The normalized spacial score (nSPS) is 16.2. The van der Waals surface area contributed by atoms with E-state index in [2.05, 4.69) is 51.3 Å². The summed E-state index contributed by atoms with van der Waals surface area (Å²) in [4.78, 5) is 51.5. The molecule has 47 heavy (non-hydrogen) atoms. The predicted octanol–water partition coefficient (Wildman–Crippen LogP) is 5.51. The van der Waals surface area contributed by atoms with Gasteiger partial charge in [-0.05, 0) is 55.7 Å². The van der Waals surface area contributed by atoms with Crippen molar-refractivity contribution in [1.29, 1.82) is 0 Å². The Balaban J connectivity index is 1.25. The lowest BCUT2D eigenvalue weighted by molar-refractivity contribution is 0.0574. The molecule has 0 bridgehead atoms. The van der Waals surface area contributed by atoms with Gasteiger partial charge in [-0.3, -0.25) is 24.2 Å². The van der Waals surface area contributed by atoms with Crippen molar-refractivity contribution >= 4 is 34.7 Å². The van der Waals surface area contributed by atoms with E-state index < -0.39 is 6.04 Å². The maximum atomic E-state index is 14.4. The van der Waals surface area contributed by atoms with Crippen LogP contribution in [0.1, 0.15) is 72.8 Å². The van der Waals surface area contributed by atoms with Gasteiger partial charge in [-0.15, -0.1) is 11.3 Å². The van der Waals surface area contributed by atoms with E-state index in [1.165, 1.54) is 21.8 Å². The van der Waals surface area contributed by atoms with Gasteiger partial charge in [0.15, 0.2) is 11.5 Å². The average molecular weight is 654 g/mol. The fourth-order valence-corrected chi connectivity index (χ4v) is 7.10. The zero-order valence-corrected chi connectivity index (χ0v) is 27.9. The molecular weight excluding hydrogens is 614 g/mol. The molecule has 0 saturated carbocycles. The zero-order valence-electron chi connectivity index (χ0n) is 27.1. The number of carbonyl (C=O) groups excluding carboxylic acids is 3. The summed E-state index contributed by atoms with van der Waals surface area (Å²) in [6.45, 7) is 7.41. The van der Waals surface area contributed by atoms with Crippen LogP contribution in [-0.2, 0) is 0 Å². The summed E-state index contributed by atoms with van der Waals surface area (Å²) in [6.07, 6.45) is 0.293. The second-order valence-corrected chi connectivity index (χ2v) is 12.8. The van der Waals surface area contributed by atoms with E-state index in [0.29, 0.717) is 40.3 Å². The highest BCUT2D eigenvalue weighted by molar-refractivity contribution is 7.09. The van der Waals surface area contributed by atoms with Crippen molar-refractivity contribution in [3.05, 3.63) is 105 Å². The van der Waals surface area contributed by atoms with Crippen LogP contribution in [0.15, 0.2) is 72.1 Å². The summed E-state index contributed by atoms with van der Waals surface area (Å²) >= 11 is 1.40. The minimum Gasteiger partial charge on any atom is -0.493 e. The molecule has 2 aliphatic rings. The number of benzene rings is 3. The van der Waals surface area contributed by atoms with Gasteiger partial charge >= 0.3 is 0 Å². The van der Waals surface area contributed by atoms with Crippen molar-refractivity contribution in [1.82, 2.24) is 20.1 Å². The first-order chi connectivity index (χ1) is 22.8. The van der Waals surface area contributed by atoms with Gasteiger partial charge in [0.05, 0.1) is 42.1 Å². The molecule has 2 atom stereocenters. The lowest BCUT2D eigenvalue weighted by Crippen LogP contribution is -2.47. The molecule has 1 N–H and O–H groups in total. The molecule has 1 saturated heterocycles. The van der Waals surface area contributed by atoms with Gasteiger partial charge in [0, 0.05) is 44.1 Å². The van der Waals surface area contributed by atoms with E-state index in [1.54, 1.807) is 37.8 Å². The molecule has 0 aliphatic carbocycles. The zero-order chi connectivity index (χ0) is 33.1. The van der Waals surface area contributed by atoms with Crippen LogP contribution < -0.4 is 19.7 Å². The quantitative estimate of drug-likeness (QED) is 0.212. The SMILES string of the molecule is COc1ccc([C@@H](CCNC(=O)c2csc(C)n2)N2C(=O)c3cccc(N4CCN(C(C)c5ccccc5)CC4)c3C2=O)cc1OC. The number of methoxy groups -OCH3 is 2. The third kappa shape index (κ3) is 6.45. The van der Waals surface area contributed by atoms with Crippen molar-refractivity contribution in [2.45, 2.75) is 32.4 Å². The summed E-state index contributed by atoms with van der Waals surface area (Å²) in [5, 5.41) is 5.42. The molecule has 0 spiro atoms. The maximum absolute atomic E-state index is 14.4. The summed E-state index contributed by atoms with van der Waals surface area (Å²) in [5.41, 5.74) is 3.90. The van der Waals surface area contributed by atoms with E-state index in [4.69, 9.17) is 9.47 Å². The molecule has 4 aromatic rings.